The Hall–Kier alpha value is -1.82. The number of rotatable bonds is 6. The first kappa shape index (κ1) is 18.2. The average molecular weight is 329 g/mol. The molecule has 0 saturated carbocycles. The molecule has 0 saturated heterocycles. The van der Waals surface area contributed by atoms with Crippen LogP contribution in [0.5, 0.6) is 0 Å². The van der Waals surface area contributed by atoms with Crippen molar-refractivity contribution in [2.45, 2.75) is 40.3 Å². The van der Waals surface area contributed by atoms with E-state index >= 15 is 0 Å². The first-order chi connectivity index (χ1) is 10.0. The Kier molecular flexibility index (Phi) is 5.77. The fourth-order valence-corrected chi connectivity index (χ4v) is 2.15. The van der Waals surface area contributed by atoms with E-state index in [9.17, 15) is 14.4 Å². The number of aromatic nitrogens is 1. The molecule has 0 aromatic carbocycles. The zero-order valence-corrected chi connectivity index (χ0v) is 13.8. The predicted molar refractivity (Wildman–Crippen MR) is 83.9 cm³/mol. The van der Waals surface area contributed by atoms with Crippen LogP contribution in [-0.2, 0) is 16.1 Å². The third-order valence-corrected chi connectivity index (χ3v) is 3.57. The summed E-state index contributed by atoms with van der Waals surface area (Å²) in [6.45, 7) is 6.83. The highest BCUT2D eigenvalue weighted by molar-refractivity contribution is 6.30. The van der Waals surface area contributed by atoms with Gasteiger partial charge in [-0.25, -0.2) is 4.79 Å². The lowest BCUT2D eigenvalue weighted by Crippen LogP contribution is -2.50. The van der Waals surface area contributed by atoms with Crippen LogP contribution in [-0.4, -0.2) is 27.6 Å². The second-order valence-corrected chi connectivity index (χ2v) is 6.67. The molecule has 1 atom stereocenters. The molecule has 0 radical (unpaired) electrons. The second-order valence-electron chi connectivity index (χ2n) is 6.23. The lowest BCUT2D eigenvalue weighted by atomic mass is 9.90. The Morgan fingerprint density at radius 1 is 1.36 bits per heavy atom. The minimum atomic E-state index is -1.08. The molecule has 0 bridgehead atoms. The third-order valence-electron chi connectivity index (χ3n) is 3.35. The first-order valence-electron chi connectivity index (χ1n) is 6.94. The summed E-state index contributed by atoms with van der Waals surface area (Å²) in [7, 11) is 0. The van der Waals surface area contributed by atoms with Crippen LogP contribution in [0.1, 0.15) is 27.7 Å². The molecule has 0 aliphatic rings. The number of hydrogen-bond acceptors (Lipinski definition) is 3. The second kappa shape index (κ2) is 6.96. The maximum atomic E-state index is 12.4. The third kappa shape index (κ3) is 4.59. The predicted octanol–water partition coefficient (Wildman–Crippen LogP) is 1.75. The van der Waals surface area contributed by atoms with Crippen LogP contribution in [0.3, 0.4) is 0 Å². The lowest BCUT2D eigenvalue weighted by molar-refractivity contribution is -0.145. The number of carbonyl (C=O) groups excluding carboxylic acids is 1. The molecule has 2 N–H and O–H groups in total. The van der Waals surface area contributed by atoms with E-state index in [0.29, 0.717) is 5.02 Å². The van der Waals surface area contributed by atoms with E-state index in [4.69, 9.17) is 16.7 Å². The molecule has 0 aliphatic carbocycles. The summed E-state index contributed by atoms with van der Waals surface area (Å²) < 4.78 is 1.34. The van der Waals surface area contributed by atoms with E-state index in [1.54, 1.807) is 27.7 Å². The highest BCUT2D eigenvalue weighted by atomic mass is 35.5. The van der Waals surface area contributed by atoms with Gasteiger partial charge in [-0.2, -0.15) is 0 Å². The zero-order chi connectivity index (χ0) is 17.1. The maximum Gasteiger partial charge on any atom is 0.326 e. The average Bonchev–Trinajstić information content (AvgIpc) is 2.38. The molecule has 7 heteroatoms. The van der Waals surface area contributed by atoms with Crippen LogP contribution in [0.25, 0.3) is 0 Å². The summed E-state index contributed by atoms with van der Waals surface area (Å²) >= 11 is 5.85. The number of carboxylic acids is 1. The van der Waals surface area contributed by atoms with Gasteiger partial charge in [0.15, 0.2) is 0 Å². The topological polar surface area (TPSA) is 88.4 Å². The van der Waals surface area contributed by atoms with Crippen LogP contribution < -0.4 is 10.9 Å². The van der Waals surface area contributed by atoms with Crippen molar-refractivity contribution in [3.63, 3.8) is 0 Å². The number of nitrogens with zero attached hydrogens (tertiary/aromatic N) is 1. The smallest absolute Gasteiger partial charge is 0.326 e. The van der Waals surface area contributed by atoms with Crippen molar-refractivity contribution in [3.05, 3.63) is 33.7 Å². The fourth-order valence-electron chi connectivity index (χ4n) is 1.97. The van der Waals surface area contributed by atoms with Gasteiger partial charge < -0.3 is 15.0 Å². The fraction of sp³-hybridized carbons (Fsp3) is 0.533. The van der Waals surface area contributed by atoms with Gasteiger partial charge >= 0.3 is 5.97 Å². The number of aliphatic carboxylic acids is 1. The minimum Gasteiger partial charge on any atom is -0.480 e. The largest absolute Gasteiger partial charge is 0.480 e. The Labute approximate surface area is 134 Å². The molecule has 0 aliphatic heterocycles. The molecule has 1 aromatic rings. The number of carboxylic acid groups (broad SMARTS) is 1. The number of hydrogen-bond donors (Lipinski definition) is 2. The van der Waals surface area contributed by atoms with Crippen molar-refractivity contribution in [2.24, 2.45) is 11.3 Å². The lowest BCUT2D eigenvalue weighted by Gasteiger charge is -2.27. The van der Waals surface area contributed by atoms with E-state index in [-0.39, 0.29) is 18.0 Å². The van der Waals surface area contributed by atoms with Gasteiger partial charge in [0.25, 0.3) is 5.56 Å². The monoisotopic (exact) mass is 328 g/mol. The SMILES string of the molecule is CC(C)C(NC(=O)C(C)(C)Cn1cc(Cl)ccc1=O)C(=O)O. The summed E-state index contributed by atoms with van der Waals surface area (Å²) in [6, 6.07) is 1.83. The number of amides is 1. The van der Waals surface area contributed by atoms with Gasteiger partial charge in [0.1, 0.15) is 6.04 Å². The number of halogens is 1. The van der Waals surface area contributed by atoms with Gasteiger partial charge in [-0.05, 0) is 25.8 Å². The Morgan fingerprint density at radius 3 is 2.45 bits per heavy atom. The van der Waals surface area contributed by atoms with Crippen molar-refractivity contribution in [2.75, 3.05) is 0 Å². The van der Waals surface area contributed by atoms with E-state index in [1.807, 2.05) is 0 Å². The van der Waals surface area contributed by atoms with Crippen LogP contribution in [0.15, 0.2) is 23.1 Å². The molecule has 1 unspecified atom stereocenters. The minimum absolute atomic E-state index is 0.0999. The van der Waals surface area contributed by atoms with Gasteiger partial charge in [0.05, 0.1) is 10.4 Å². The first-order valence-corrected chi connectivity index (χ1v) is 7.32. The van der Waals surface area contributed by atoms with Crippen LogP contribution in [0.2, 0.25) is 5.02 Å². The van der Waals surface area contributed by atoms with Gasteiger partial charge in [0, 0.05) is 18.8 Å². The summed E-state index contributed by atoms with van der Waals surface area (Å²) in [6.07, 6.45) is 1.45. The van der Waals surface area contributed by atoms with E-state index in [2.05, 4.69) is 5.32 Å². The molecule has 22 heavy (non-hydrogen) atoms. The molecule has 1 heterocycles. The van der Waals surface area contributed by atoms with Crippen molar-refractivity contribution in [3.8, 4) is 0 Å². The van der Waals surface area contributed by atoms with Crippen molar-refractivity contribution in [1.82, 2.24) is 9.88 Å². The van der Waals surface area contributed by atoms with Gasteiger partial charge in [-0.3, -0.25) is 9.59 Å². The molecular formula is C15H21ClN2O4. The van der Waals surface area contributed by atoms with Crippen LogP contribution in [0, 0.1) is 11.3 Å². The number of carbonyl (C=O) groups is 2. The summed E-state index contributed by atoms with van der Waals surface area (Å²) in [5.74, 6) is -1.76. The molecule has 0 spiro atoms. The zero-order valence-electron chi connectivity index (χ0n) is 13.1. The molecule has 122 valence electrons. The Morgan fingerprint density at radius 2 is 1.95 bits per heavy atom. The Balaban J connectivity index is 2.93. The molecule has 0 fully saturated rings. The summed E-state index contributed by atoms with van der Waals surface area (Å²) in [5, 5.41) is 12.1. The molecule has 1 amide bonds. The molecule has 1 aromatic heterocycles. The highest BCUT2D eigenvalue weighted by Gasteiger charge is 2.33. The Bertz CT molecular complexity index is 622. The quantitative estimate of drug-likeness (QED) is 0.832. The molecular weight excluding hydrogens is 308 g/mol. The van der Waals surface area contributed by atoms with E-state index in [1.165, 1.54) is 22.9 Å². The normalized spacial score (nSPS) is 13.0. The van der Waals surface area contributed by atoms with Gasteiger partial charge in [-0.1, -0.05) is 25.4 Å². The van der Waals surface area contributed by atoms with Gasteiger partial charge in [0.2, 0.25) is 5.91 Å². The highest BCUT2D eigenvalue weighted by Crippen LogP contribution is 2.19. The summed E-state index contributed by atoms with van der Waals surface area (Å²) in [4.78, 5) is 35.3. The number of pyridine rings is 1. The number of nitrogens with one attached hydrogen (secondary N) is 1. The van der Waals surface area contributed by atoms with Gasteiger partial charge in [-0.15, -0.1) is 0 Å². The van der Waals surface area contributed by atoms with Crippen molar-refractivity contribution >= 4 is 23.5 Å². The van der Waals surface area contributed by atoms with Crippen LogP contribution >= 0.6 is 11.6 Å². The van der Waals surface area contributed by atoms with Crippen molar-refractivity contribution in [1.29, 1.82) is 0 Å². The standard InChI is InChI=1S/C15H21ClN2O4/c1-9(2)12(13(20)21)17-14(22)15(3,4)8-18-7-10(16)5-6-11(18)19/h5-7,9,12H,8H2,1-4H3,(H,17,22)(H,20,21). The molecule has 1 rings (SSSR count). The maximum absolute atomic E-state index is 12.4. The van der Waals surface area contributed by atoms with E-state index in [0.717, 1.165) is 0 Å². The summed E-state index contributed by atoms with van der Waals surface area (Å²) in [5.41, 5.74) is -1.24. The van der Waals surface area contributed by atoms with Crippen molar-refractivity contribution < 1.29 is 14.7 Å². The van der Waals surface area contributed by atoms with E-state index < -0.39 is 23.3 Å². The van der Waals surface area contributed by atoms with Crippen LogP contribution in [0.4, 0.5) is 0 Å². The molecule has 6 nitrogen and oxygen atoms in total.